The molecular formula is C97H98Br3Cl4F6N18NaS2. The van der Waals surface area contributed by atoms with Crippen LogP contribution in [0.4, 0.5) is 38.0 Å². The van der Waals surface area contributed by atoms with E-state index in [-0.39, 0.29) is 46.8 Å². The van der Waals surface area contributed by atoms with Crippen LogP contribution in [0, 0.1) is 100 Å². The van der Waals surface area contributed by atoms with Gasteiger partial charge in [0.05, 0.1) is 23.6 Å². The Morgan fingerprint density at radius 2 is 0.802 bits per heavy atom. The molecule has 18 nitrogen and oxygen atoms in total. The molecule has 0 unspecified atom stereocenters. The maximum atomic E-state index is 12.8. The maximum Gasteiger partial charge on any atom is 1.00 e. The van der Waals surface area contributed by atoms with Gasteiger partial charge in [-0.25, -0.2) is 19.9 Å². The number of nitriles is 5. The summed E-state index contributed by atoms with van der Waals surface area (Å²) in [7, 11) is 0. The molecule has 4 N–H and O–H groups in total. The summed E-state index contributed by atoms with van der Waals surface area (Å²) < 4.78 is 83.0. The van der Waals surface area contributed by atoms with Crippen molar-refractivity contribution in [2.45, 2.75) is 188 Å². The van der Waals surface area contributed by atoms with Gasteiger partial charge in [0, 0.05) is 138 Å². The van der Waals surface area contributed by atoms with Gasteiger partial charge in [0.1, 0.15) is 92.8 Å². The van der Waals surface area contributed by atoms with Crippen LogP contribution >= 0.6 is 117 Å². The smallest absolute Gasteiger partial charge is 1.00 e. The molecule has 5 aliphatic carbocycles. The molecule has 2 aliphatic heterocycles. The summed E-state index contributed by atoms with van der Waals surface area (Å²) in [5.41, 5.74) is 15.7. The number of fused-ring (bicyclic) bond motifs is 7. The number of aryl methyl sites for hydroxylation is 2. The molecule has 14 aromatic rings. The van der Waals surface area contributed by atoms with Crippen LogP contribution in [0.15, 0.2) is 146 Å². The van der Waals surface area contributed by atoms with Crippen molar-refractivity contribution in [3.05, 3.63) is 212 Å². The summed E-state index contributed by atoms with van der Waals surface area (Å²) in [5.74, 6) is 5.37. The van der Waals surface area contributed by atoms with E-state index in [1.54, 1.807) is 12.1 Å². The molecule has 9 aromatic heterocycles. The fourth-order valence-electron chi connectivity index (χ4n) is 16.0. The van der Waals surface area contributed by atoms with Crippen molar-refractivity contribution in [1.29, 1.82) is 26.3 Å². The molecule has 0 atom stereocenters. The van der Waals surface area contributed by atoms with Crippen molar-refractivity contribution in [3.63, 3.8) is 0 Å². The topological polar surface area (TPSA) is 245 Å². The Morgan fingerprint density at radius 3 is 1.16 bits per heavy atom. The minimum Gasteiger partial charge on any atom is -1.00 e. The first-order valence-electron chi connectivity index (χ1n) is 43.6. The minimum atomic E-state index is -4.24. The molecule has 7 aliphatic rings. The molecule has 0 radical (unpaired) electrons. The van der Waals surface area contributed by atoms with Crippen molar-refractivity contribution in [2.75, 3.05) is 42.1 Å². The van der Waals surface area contributed by atoms with Crippen molar-refractivity contribution < 1.29 is 57.3 Å². The molecule has 34 heteroatoms. The number of rotatable bonds is 19. The standard InChI is InChI=1S/C27H27F3N6S.2C14H13BrN2.C14H14N2.C13H15F3N4S.C10H8N2.C4H7Br.CCl4.Na.H/c28-27(29,30)12-22-11-23-25(32-16-33-26(23)37-22)34-20-5-7-35(8-6-20)14-18-3-4-24-19(9-18)10-21(13-31)36(24)15-17-1-2-17;2*15-7-11-3-4-14-12(5-11)6-13(8-16)17(14)9-10-1-2-10;1-10-2-5-14-12(6-10)7-13(8-15)16(14)9-11-3-4-11;14-13(15,16)6-9-5-10-11(18-7-19-12(10)21-9)20-8-1-3-17-4-2-8;1-7-2-3-10-8(4-7)5-9(6-11)12-10;5-3-4-1-2-4;2-1(3,4)5;;/h3-4,9-11,16-17,20H,1-2,5-8,12,14-15H2,(H,32,33,34);2*3-6,10H,1-2,7,9H2;2,5-7,11H,3-4,9H2,1H3;5,7-8,17H,1-4,6H2,(H,18,19,20);2-5,12H,1H3;4H,1-3H2;;;/q;;;;;;;;+1;-1. The summed E-state index contributed by atoms with van der Waals surface area (Å²) in [5, 5.41) is 65.9. The number of aromatic amines is 1. The van der Waals surface area contributed by atoms with Gasteiger partial charge in [-0.3, -0.25) is 4.90 Å². The monoisotopic (exact) mass is 2090 g/mol. The van der Waals surface area contributed by atoms with E-state index in [1.165, 1.54) is 143 Å². The van der Waals surface area contributed by atoms with E-state index >= 15 is 0 Å². The second kappa shape index (κ2) is 46.0. The van der Waals surface area contributed by atoms with E-state index in [1.807, 2.05) is 49.4 Å². The van der Waals surface area contributed by atoms with E-state index in [2.05, 4.69) is 228 Å². The number of likely N-dealkylation sites (tertiary alicyclic amines) is 1. The first kappa shape index (κ1) is 100. The van der Waals surface area contributed by atoms with Crippen LogP contribution in [-0.4, -0.2) is 107 Å². The second-order valence-corrected chi connectivity index (χ2v) is 41.9. The fourth-order valence-corrected chi connectivity index (χ4v) is 19.4. The van der Waals surface area contributed by atoms with Gasteiger partial charge in [0.2, 0.25) is 0 Å². The van der Waals surface area contributed by atoms with Gasteiger partial charge in [-0.1, -0.05) is 136 Å². The van der Waals surface area contributed by atoms with Gasteiger partial charge in [-0.15, -0.1) is 22.7 Å². The van der Waals surface area contributed by atoms with Crippen molar-refractivity contribution in [3.8, 4) is 30.3 Å². The van der Waals surface area contributed by atoms with E-state index in [0.717, 1.165) is 186 Å². The number of halogens is 13. The number of nitrogens with zero attached hydrogens (tertiary/aromatic N) is 14. The van der Waals surface area contributed by atoms with Gasteiger partial charge in [0.15, 0.2) is 0 Å². The van der Waals surface area contributed by atoms with Crippen LogP contribution < -0.4 is 45.5 Å². The largest absolute Gasteiger partial charge is 1.00 e. The third kappa shape index (κ3) is 29.5. The molecule has 5 aromatic carbocycles. The quantitative estimate of drug-likeness (QED) is 0.0335. The third-order valence-corrected chi connectivity index (χ3v) is 27.9. The van der Waals surface area contributed by atoms with Gasteiger partial charge >= 0.3 is 41.9 Å². The Labute approximate surface area is 834 Å². The number of hydrogen-bond acceptors (Lipinski definition) is 15. The Bertz CT molecular complexity index is 6400. The summed E-state index contributed by atoms with van der Waals surface area (Å²) in [6.07, 6.45) is 9.62. The van der Waals surface area contributed by atoms with Gasteiger partial charge in [-0.05, 0) is 266 Å². The van der Waals surface area contributed by atoms with Crippen LogP contribution in [0.25, 0.3) is 74.9 Å². The van der Waals surface area contributed by atoms with Crippen molar-refractivity contribution in [1.82, 2.24) is 53.4 Å². The first-order chi connectivity index (χ1) is 62.5. The van der Waals surface area contributed by atoms with Gasteiger partial charge in [-0.2, -0.15) is 52.7 Å². The number of anilines is 2. The molecule has 5 saturated carbocycles. The number of benzene rings is 5. The fraction of sp³-hybridized carbons (Fsp3) is 0.412. The molecule has 0 amide bonds. The Morgan fingerprint density at radius 1 is 0.443 bits per heavy atom. The number of thiophene rings is 2. The minimum absolute atomic E-state index is 0. The van der Waals surface area contributed by atoms with E-state index in [0.29, 0.717) is 49.7 Å². The first-order valence-corrected chi connectivity index (χ1v) is 50.1. The molecular weight excluding hydrogens is 2000 g/mol. The summed E-state index contributed by atoms with van der Waals surface area (Å²) in [6.45, 7) is 12.6. The molecule has 7 fully saturated rings. The number of piperidine rings is 2. The molecule has 2 saturated heterocycles. The van der Waals surface area contributed by atoms with Gasteiger partial charge < -0.3 is 40.6 Å². The summed E-state index contributed by atoms with van der Waals surface area (Å²) >= 11 is 31.8. The molecule has 11 heterocycles. The Kier molecular flexibility index (Phi) is 35.3. The zero-order chi connectivity index (χ0) is 92.0. The van der Waals surface area contributed by atoms with Crippen molar-refractivity contribution in [2.24, 2.45) is 29.6 Å². The maximum absolute atomic E-state index is 12.8. The predicted octanol–water partition coefficient (Wildman–Crippen LogP) is 23.7. The van der Waals surface area contributed by atoms with Crippen LogP contribution in [0.3, 0.4) is 0 Å². The zero-order valence-corrected chi connectivity index (χ0v) is 84.1. The molecule has 680 valence electrons. The molecule has 0 spiro atoms. The third-order valence-electron chi connectivity index (χ3n) is 23.6. The average Bonchev–Trinajstić information content (AvgIpc) is 1.65. The predicted molar refractivity (Wildman–Crippen MR) is 525 cm³/mol. The van der Waals surface area contributed by atoms with E-state index < -0.39 is 28.4 Å². The van der Waals surface area contributed by atoms with Crippen LogP contribution in [-0.2, 0) is 56.2 Å². The van der Waals surface area contributed by atoms with E-state index in [4.69, 9.17) is 56.9 Å². The van der Waals surface area contributed by atoms with E-state index in [9.17, 15) is 42.1 Å². The average molecular weight is 2100 g/mol. The zero-order valence-electron chi connectivity index (χ0n) is 73.7. The van der Waals surface area contributed by atoms with Crippen LogP contribution in [0.2, 0.25) is 0 Å². The van der Waals surface area contributed by atoms with Crippen LogP contribution in [0.1, 0.15) is 157 Å². The Balaban J connectivity index is 0.000000145. The van der Waals surface area contributed by atoms with Crippen molar-refractivity contribution >= 4 is 203 Å². The number of H-pyrrole nitrogens is 1. The number of alkyl halides is 13. The summed E-state index contributed by atoms with van der Waals surface area (Å²) in [6, 6.07) is 56.7. The Hall–Kier alpha value is -7.97. The summed E-state index contributed by atoms with van der Waals surface area (Å²) in [4.78, 5) is 23.9. The SMILES string of the molecule is BrCC1CC1.Cc1ccc2[nH]c(C#N)cc2c1.Cc1ccc2c(c1)cc(C#N)n2CC1CC1.ClC(Cl)(Cl)Cl.FC(F)(F)Cc1cc2c(NC3CCNCC3)ncnc2s1.N#Cc1cc2cc(CBr)ccc2n1CC1CC1.N#Cc1cc2cc(CBr)ccc2n1CC1CC1.N#Cc1cc2cc(CN3CCC(Nc4ncnc5sc(CC(F)(F)F)cc45)CC3)ccc2n1CC1CC1.[H-].[Na+]. The number of hydrogen-bond donors (Lipinski definition) is 4. The second-order valence-electron chi connectivity index (χ2n) is 34.5. The molecule has 21 rings (SSSR count). The number of aromatic nitrogens is 9. The normalized spacial score (nSPS) is 15.7. The van der Waals surface area contributed by atoms with Gasteiger partial charge in [0.25, 0.3) is 3.25 Å². The van der Waals surface area contributed by atoms with Crippen LogP contribution in [0.5, 0.6) is 0 Å². The molecule has 0 bridgehead atoms. The molecule has 131 heavy (non-hydrogen) atoms. The number of nitrogens with one attached hydrogen (secondary N) is 4.